The molecular formula is C26H36F3N3O. The van der Waals surface area contributed by atoms with Crippen LogP contribution in [0.15, 0.2) is 18.2 Å². The molecule has 7 heteroatoms. The fourth-order valence-electron chi connectivity index (χ4n) is 7.63. The van der Waals surface area contributed by atoms with Gasteiger partial charge in [-0.25, -0.2) is 4.98 Å². The summed E-state index contributed by atoms with van der Waals surface area (Å²) in [7, 11) is 0. The zero-order valence-electron chi connectivity index (χ0n) is 19.5. The number of nitrogens with zero attached hydrogens (tertiary/aromatic N) is 2. The topological polar surface area (TPSA) is 45.2 Å². The first kappa shape index (κ1) is 23.1. The molecule has 1 aliphatic heterocycles. The molecule has 0 spiro atoms. The summed E-state index contributed by atoms with van der Waals surface area (Å²) in [6.07, 6.45) is 4.88. The maximum atomic E-state index is 13.3. The van der Waals surface area contributed by atoms with Gasteiger partial charge >= 0.3 is 6.18 Å². The van der Waals surface area contributed by atoms with Gasteiger partial charge in [-0.15, -0.1) is 0 Å². The second-order valence-electron chi connectivity index (χ2n) is 11.1. The molecule has 1 N–H and O–H groups in total. The van der Waals surface area contributed by atoms with Gasteiger partial charge in [-0.1, -0.05) is 13.0 Å². The second kappa shape index (κ2) is 9.20. The molecule has 182 valence electrons. The number of rotatable bonds is 6. The van der Waals surface area contributed by atoms with Gasteiger partial charge in [0.25, 0.3) is 0 Å². The molecule has 5 fully saturated rings. The zero-order chi connectivity index (χ0) is 23.2. The summed E-state index contributed by atoms with van der Waals surface area (Å²) in [4.78, 5) is 19.3. The van der Waals surface area contributed by atoms with Gasteiger partial charge in [0.15, 0.2) is 0 Å². The largest absolute Gasteiger partial charge is 0.433 e. The van der Waals surface area contributed by atoms with E-state index in [1.165, 1.54) is 38.2 Å². The molecule has 0 aromatic carbocycles. The third kappa shape index (κ3) is 4.94. The van der Waals surface area contributed by atoms with E-state index in [1.807, 2.05) is 0 Å². The molecule has 33 heavy (non-hydrogen) atoms. The summed E-state index contributed by atoms with van der Waals surface area (Å²) in [6, 6.07) is 4.49. The Morgan fingerprint density at radius 1 is 1.09 bits per heavy atom. The van der Waals surface area contributed by atoms with Crippen LogP contribution >= 0.6 is 0 Å². The zero-order valence-corrected chi connectivity index (χ0v) is 19.5. The summed E-state index contributed by atoms with van der Waals surface area (Å²) in [5.74, 6) is 3.80. The molecule has 1 aromatic heterocycles. The number of carbonyl (C=O) groups is 1. The van der Waals surface area contributed by atoms with Crippen molar-refractivity contribution in [2.24, 2.45) is 35.5 Å². The summed E-state index contributed by atoms with van der Waals surface area (Å²) in [6.45, 7) is 4.13. The summed E-state index contributed by atoms with van der Waals surface area (Å²) >= 11 is 0. The fraction of sp³-hybridized carbons (Fsp3) is 0.769. The third-order valence-electron chi connectivity index (χ3n) is 9.00. The minimum Gasteiger partial charge on any atom is -0.353 e. The Labute approximate surface area is 194 Å². The molecule has 0 radical (unpaired) electrons. The summed E-state index contributed by atoms with van der Waals surface area (Å²) in [5.41, 5.74) is -0.377. The SMILES string of the molecule is CCC(C(=O)NC1C2CC3CC(C2)CC1C3)C1CCN(Cc2cccc(C(F)(F)F)n2)CC1. The van der Waals surface area contributed by atoms with E-state index in [0.717, 1.165) is 50.3 Å². The highest BCUT2D eigenvalue weighted by atomic mass is 19.4. The van der Waals surface area contributed by atoms with E-state index in [9.17, 15) is 18.0 Å². The van der Waals surface area contributed by atoms with Crippen LogP contribution in [0.1, 0.15) is 69.7 Å². The van der Waals surface area contributed by atoms with Crippen molar-refractivity contribution in [3.05, 3.63) is 29.6 Å². The number of piperidine rings is 1. The number of hydrogen-bond acceptors (Lipinski definition) is 3. The van der Waals surface area contributed by atoms with Gasteiger partial charge in [0.2, 0.25) is 5.91 Å². The van der Waals surface area contributed by atoms with Gasteiger partial charge in [-0.3, -0.25) is 9.69 Å². The molecule has 1 aromatic rings. The molecule has 4 saturated carbocycles. The van der Waals surface area contributed by atoms with Crippen LogP contribution in [0, 0.1) is 35.5 Å². The van der Waals surface area contributed by atoms with Crippen LogP contribution in [-0.4, -0.2) is 34.9 Å². The van der Waals surface area contributed by atoms with Gasteiger partial charge in [0.05, 0.1) is 5.69 Å². The highest BCUT2D eigenvalue weighted by Crippen LogP contribution is 2.53. The summed E-state index contributed by atoms with van der Waals surface area (Å²) < 4.78 is 38.9. The lowest BCUT2D eigenvalue weighted by atomic mass is 9.54. The molecule has 1 unspecified atom stereocenters. The fourth-order valence-corrected chi connectivity index (χ4v) is 7.63. The van der Waals surface area contributed by atoms with Gasteiger partial charge in [0, 0.05) is 18.5 Å². The summed E-state index contributed by atoms with van der Waals surface area (Å²) in [5, 5.41) is 3.51. The Bertz CT molecular complexity index is 821. The number of alkyl halides is 3. The molecule has 5 aliphatic rings. The predicted molar refractivity (Wildman–Crippen MR) is 120 cm³/mol. The van der Waals surface area contributed by atoms with E-state index in [4.69, 9.17) is 0 Å². The Morgan fingerprint density at radius 2 is 1.73 bits per heavy atom. The van der Waals surface area contributed by atoms with Crippen molar-refractivity contribution in [3.8, 4) is 0 Å². The average molecular weight is 464 g/mol. The number of pyridine rings is 1. The minimum atomic E-state index is -4.41. The van der Waals surface area contributed by atoms with Crippen LogP contribution in [0.2, 0.25) is 0 Å². The van der Waals surface area contributed by atoms with Gasteiger partial charge in [-0.05, 0) is 106 Å². The molecule has 4 bridgehead atoms. The van der Waals surface area contributed by atoms with Gasteiger partial charge in [-0.2, -0.15) is 13.2 Å². The van der Waals surface area contributed by atoms with E-state index in [2.05, 4.69) is 22.1 Å². The van der Waals surface area contributed by atoms with Crippen LogP contribution in [-0.2, 0) is 17.5 Å². The second-order valence-corrected chi connectivity index (χ2v) is 11.1. The van der Waals surface area contributed by atoms with Crippen LogP contribution in [0.4, 0.5) is 13.2 Å². The number of hydrogen-bond donors (Lipinski definition) is 1. The molecule has 1 amide bonds. The molecule has 4 aliphatic carbocycles. The van der Waals surface area contributed by atoms with Crippen LogP contribution in [0.25, 0.3) is 0 Å². The van der Waals surface area contributed by atoms with Crippen molar-refractivity contribution < 1.29 is 18.0 Å². The van der Waals surface area contributed by atoms with E-state index in [0.29, 0.717) is 36.0 Å². The quantitative estimate of drug-likeness (QED) is 0.624. The maximum absolute atomic E-state index is 13.3. The lowest BCUT2D eigenvalue weighted by Gasteiger charge is -2.54. The van der Waals surface area contributed by atoms with Crippen molar-refractivity contribution in [2.45, 2.75) is 77.1 Å². The maximum Gasteiger partial charge on any atom is 0.433 e. The number of halogens is 3. The van der Waals surface area contributed by atoms with E-state index in [-0.39, 0.29) is 11.8 Å². The smallest absolute Gasteiger partial charge is 0.353 e. The van der Waals surface area contributed by atoms with Crippen molar-refractivity contribution in [1.82, 2.24) is 15.2 Å². The van der Waals surface area contributed by atoms with Crippen molar-refractivity contribution >= 4 is 5.91 Å². The van der Waals surface area contributed by atoms with Gasteiger partial charge in [0.1, 0.15) is 5.69 Å². The standard InChI is InChI=1S/C26H36F3N3O/c1-2-22(25(33)31-24-19-11-16-10-17(13-19)14-20(24)12-16)18-6-8-32(9-7-18)15-21-4-3-5-23(30-21)26(27,28)29/h3-5,16-20,22,24H,2,6-15H2,1H3,(H,31,33). The number of amides is 1. The number of likely N-dealkylation sites (tertiary alicyclic amines) is 1. The first-order chi connectivity index (χ1) is 15.8. The lowest BCUT2D eigenvalue weighted by Crippen LogP contribution is -2.57. The third-order valence-corrected chi connectivity index (χ3v) is 9.00. The number of carbonyl (C=O) groups excluding carboxylic acids is 1. The van der Waals surface area contributed by atoms with E-state index in [1.54, 1.807) is 6.07 Å². The molecule has 4 nitrogen and oxygen atoms in total. The first-order valence-electron chi connectivity index (χ1n) is 12.9. The Kier molecular flexibility index (Phi) is 6.45. The monoisotopic (exact) mass is 463 g/mol. The number of aromatic nitrogens is 1. The van der Waals surface area contributed by atoms with Crippen LogP contribution in [0.5, 0.6) is 0 Å². The Morgan fingerprint density at radius 3 is 2.30 bits per heavy atom. The molecule has 6 rings (SSSR count). The first-order valence-corrected chi connectivity index (χ1v) is 12.9. The van der Waals surface area contributed by atoms with Gasteiger partial charge < -0.3 is 5.32 Å². The lowest BCUT2D eigenvalue weighted by molar-refractivity contribution is -0.141. The minimum absolute atomic E-state index is 0.0380. The van der Waals surface area contributed by atoms with Crippen molar-refractivity contribution in [3.63, 3.8) is 0 Å². The molecule has 1 saturated heterocycles. The van der Waals surface area contributed by atoms with Crippen molar-refractivity contribution in [2.75, 3.05) is 13.1 Å². The van der Waals surface area contributed by atoms with E-state index < -0.39 is 11.9 Å². The van der Waals surface area contributed by atoms with Crippen LogP contribution in [0.3, 0.4) is 0 Å². The normalized spacial score (nSPS) is 33.3. The highest BCUT2D eigenvalue weighted by molar-refractivity contribution is 5.79. The van der Waals surface area contributed by atoms with E-state index >= 15 is 0 Å². The number of nitrogens with one attached hydrogen (secondary N) is 1. The predicted octanol–water partition coefficient (Wildman–Crippen LogP) is 5.28. The Hall–Kier alpha value is -1.63. The molecule has 2 heterocycles. The van der Waals surface area contributed by atoms with Crippen LogP contribution < -0.4 is 5.32 Å². The molecular weight excluding hydrogens is 427 g/mol. The average Bonchev–Trinajstić information content (AvgIpc) is 2.77. The highest BCUT2D eigenvalue weighted by Gasteiger charge is 2.49. The molecule has 1 atom stereocenters. The Balaban J connectivity index is 1.14. The van der Waals surface area contributed by atoms with Crippen molar-refractivity contribution in [1.29, 1.82) is 0 Å².